The van der Waals surface area contributed by atoms with Crippen LogP contribution in [0.1, 0.15) is 5.56 Å². The Balaban J connectivity index is 2.25. The molecule has 5 nitrogen and oxygen atoms in total. The van der Waals surface area contributed by atoms with E-state index in [2.05, 4.69) is 9.97 Å². The van der Waals surface area contributed by atoms with Crippen molar-refractivity contribution in [1.82, 2.24) is 9.97 Å². The van der Waals surface area contributed by atoms with Crippen LogP contribution < -0.4 is 15.4 Å². The summed E-state index contributed by atoms with van der Waals surface area (Å²) < 4.78 is 5.24. The molecule has 0 aliphatic carbocycles. The van der Waals surface area contributed by atoms with E-state index in [0.717, 1.165) is 5.56 Å². The van der Waals surface area contributed by atoms with Gasteiger partial charge >= 0.3 is 0 Å². The highest BCUT2D eigenvalue weighted by atomic mass is 35.5. The maximum atomic E-state index is 5.97. The summed E-state index contributed by atoms with van der Waals surface area (Å²) in [6.07, 6.45) is 1.42. The number of aromatic nitrogens is 2. The lowest BCUT2D eigenvalue weighted by molar-refractivity contribution is 0.413. The van der Waals surface area contributed by atoms with Gasteiger partial charge in [0, 0.05) is 18.6 Å². The van der Waals surface area contributed by atoms with Gasteiger partial charge in [-0.25, -0.2) is 9.97 Å². The molecule has 0 aliphatic rings. The average molecular weight is 279 g/mol. The molecule has 0 unspecified atom stereocenters. The van der Waals surface area contributed by atoms with Crippen molar-refractivity contribution in [3.8, 4) is 5.75 Å². The van der Waals surface area contributed by atoms with E-state index in [-0.39, 0.29) is 0 Å². The molecule has 0 bridgehead atoms. The van der Waals surface area contributed by atoms with Crippen LogP contribution in [0.5, 0.6) is 5.75 Å². The molecular formula is C13H15ClN4O. The van der Waals surface area contributed by atoms with E-state index in [1.54, 1.807) is 7.11 Å². The van der Waals surface area contributed by atoms with Crippen LogP contribution in [0.2, 0.25) is 5.02 Å². The smallest absolute Gasteiger partial charge is 0.204 e. The van der Waals surface area contributed by atoms with Gasteiger partial charge in [-0.2, -0.15) is 0 Å². The topological polar surface area (TPSA) is 64.3 Å². The van der Waals surface area contributed by atoms with Gasteiger partial charge in [-0.1, -0.05) is 23.7 Å². The summed E-state index contributed by atoms with van der Waals surface area (Å²) in [6.45, 7) is 0.646. The Morgan fingerprint density at radius 2 is 2.16 bits per heavy atom. The fourth-order valence-corrected chi connectivity index (χ4v) is 2.04. The summed E-state index contributed by atoms with van der Waals surface area (Å²) in [5.74, 6) is 1.45. The van der Waals surface area contributed by atoms with E-state index in [9.17, 15) is 0 Å². The quantitative estimate of drug-likeness (QED) is 0.930. The van der Waals surface area contributed by atoms with E-state index >= 15 is 0 Å². The fraction of sp³-hybridized carbons (Fsp3) is 0.231. The van der Waals surface area contributed by atoms with Gasteiger partial charge in [-0.3, -0.25) is 0 Å². The lowest BCUT2D eigenvalue weighted by Gasteiger charge is -2.20. The van der Waals surface area contributed by atoms with Crippen molar-refractivity contribution in [2.24, 2.45) is 0 Å². The molecule has 0 saturated heterocycles. The lowest BCUT2D eigenvalue weighted by atomic mass is 10.2. The van der Waals surface area contributed by atoms with Crippen LogP contribution in [0.25, 0.3) is 0 Å². The van der Waals surface area contributed by atoms with Gasteiger partial charge in [0.25, 0.3) is 0 Å². The number of hydrogen-bond donors (Lipinski definition) is 1. The molecule has 100 valence electrons. The van der Waals surface area contributed by atoms with Crippen LogP contribution in [0.4, 0.5) is 11.6 Å². The Morgan fingerprint density at radius 1 is 1.37 bits per heavy atom. The number of nitrogens with two attached hydrogens (primary N) is 1. The highest BCUT2D eigenvalue weighted by Gasteiger charge is 2.14. The first kappa shape index (κ1) is 13.4. The molecule has 1 aromatic heterocycles. The summed E-state index contributed by atoms with van der Waals surface area (Å²) >= 11 is 5.97. The van der Waals surface area contributed by atoms with Gasteiger partial charge in [0.1, 0.15) is 6.33 Å². The Morgan fingerprint density at radius 3 is 2.84 bits per heavy atom. The third-order valence-electron chi connectivity index (χ3n) is 2.69. The van der Waals surface area contributed by atoms with Crippen molar-refractivity contribution in [3.63, 3.8) is 0 Å². The summed E-state index contributed by atoms with van der Waals surface area (Å²) in [5.41, 5.74) is 6.84. The molecule has 2 aromatic rings. The van der Waals surface area contributed by atoms with Crippen LogP contribution in [-0.4, -0.2) is 24.1 Å². The van der Waals surface area contributed by atoms with Gasteiger partial charge in [0.15, 0.2) is 11.6 Å². The second kappa shape index (κ2) is 5.75. The first-order valence-electron chi connectivity index (χ1n) is 5.72. The number of methoxy groups -OCH3 is 1. The van der Waals surface area contributed by atoms with Gasteiger partial charge in [0.2, 0.25) is 5.75 Å². The summed E-state index contributed by atoms with van der Waals surface area (Å²) in [4.78, 5) is 10.0. The van der Waals surface area contributed by atoms with E-state index in [0.29, 0.717) is 29.0 Å². The SMILES string of the molecule is COc1c(N)ncnc1N(C)Cc1cccc(Cl)c1. The number of nitrogens with zero attached hydrogens (tertiary/aromatic N) is 3. The zero-order chi connectivity index (χ0) is 13.8. The van der Waals surface area contributed by atoms with Gasteiger partial charge < -0.3 is 15.4 Å². The van der Waals surface area contributed by atoms with E-state index in [1.165, 1.54) is 6.33 Å². The number of rotatable bonds is 4. The summed E-state index contributed by atoms with van der Waals surface area (Å²) in [6, 6.07) is 7.67. The molecule has 0 fully saturated rings. The van der Waals surface area contributed by atoms with E-state index in [4.69, 9.17) is 22.1 Å². The van der Waals surface area contributed by atoms with Crippen LogP contribution >= 0.6 is 11.6 Å². The predicted octanol–water partition coefficient (Wildman–Crippen LogP) is 2.36. The molecule has 0 amide bonds. The first-order valence-corrected chi connectivity index (χ1v) is 6.09. The second-order valence-electron chi connectivity index (χ2n) is 4.10. The van der Waals surface area contributed by atoms with Gasteiger partial charge in [-0.05, 0) is 17.7 Å². The highest BCUT2D eigenvalue weighted by molar-refractivity contribution is 6.30. The second-order valence-corrected chi connectivity index (χ2v) is 4.54. The molecule has 0 radical (unpaired) electrons. The first-order chi connectivity index (χ1) is 9.11. The number of anilines is 2. The zero-order valence-electron chi connectivity index (χ0n) is 10.8. The lowest BCUT2D eigenvalue weighted by Crippen LogP contribution is -2.19. The molecule has 0 aliphatic heterocycles. The third-order valence-corrected chi connectivity index (χ3v) is 2.92. The van der Waals surface area contributed by atoms with Crippen LogP contribution in [0.3, 0.4) is 0 Å². The Bertz CT molecular complexity index is 576. The van der Waals surface area contributed by atoms with Crippen molar-refractivity contribution in [2.45, 2.75) is 6.54 Å². The number of halogens is 1. The molecule has 0 spiro atoms. The molecule has 1 aromatic carbocycles. The van der Waals surface area contributed by atoms with Crippen molar-refractivity contribution in [1.29, 1.82) is 0 Å². The largest absolute Gasteiger partial charge is 0.490 e. The van der Waals surface area contributed by atoms with Gasteiger partial charge in [0.05, 0.1) is 7.11 Å². The molecule has 2 N–H and O–H groups in total. The van der Waals surface area contributed by atoms with E-state index < -0.39 is 0 Å². The van der Waals surface area contributed by atoms with Crippen molar-refractivity contribution < 1.29 is 4.74 Å². The minimum absolute atomic E-state index is 0.324. The molecule has 6 heteroatoms. The maximum absolute atomic E-state index is 5.97. The standard InChI is InChI=1S/C13H15ClN4O/c1-18(7-9-4-3-5-10(14)6-9)13-11(19-2)12(15)16-8-17-13/h3-6,8H,7H2,1-2H3,(H2,15,16,17). The maximum Gasteiger partial charge on any atom is 0.204 e. The number of nitrogen functional groups attached to an aromatic ring is 1. The summed E-state index contributed by atoms with van der Waals surface area (Å²) in [5, 5.41) is 0.708. The van der Waals surface area contributed by atoms with Crippen molar-refractivity contribution in [2.75, 3.05) is 24.8 Å². The van der Waals surface area contributed by atoms with Crippen molar-refractivity contribution >= 4 is 23.2 Å². The van der Waals surface area contributed by atoms with Crippen LogP contribution in [-0.2, 0) is 6.54 Å². The number of hydrogen-bond acceptors (Lipinski definition) is 5. The molecule has 1 heterocycles. The van der Waals surface area contributed by atoms with Crippen LogP contribution in [0, 0.1) is 0 Å². The Kier molecular flexibility index (Phi) is 4.06. The third kappa shape index (κ3) is 3.06. The average Bonchev–Trinajstić information content (AvgIpc) is 2.38. The molecule has 19 heavy (non-hydrogen) atoms. The Labute approximate surface area is 117 Å². The molecular weight excluding hydrogens is 264 g/mol. The predicted molar refractivity (Wildman–Crippen MR) is 76.6 cm³/mol. The van der Waals surface area contributed by atoms with E-state index in [1.807, 2.05) is 36.2 Å². The fourth-order valence-electron chi connectivity index (χ4n) is 1.83. The number of ether oxygens (including phenoxy) is 1. The minimum atomic E-state index is 0.324. The monoisotopic (exact) mass is 278 g/mol. The normalized spacial score (nSPS) is 10.3. The minimum Gasteiger partial charge on any atom is -0.490 e. The molecule has 2 rings (SSSR count). The molecule has 0 atom stereocenters. The molecule has 0 saturated carbocycles. The summed E-state index contributed by atoms with van der Waals surface area (Å²) in [7, 11) is 3.46. The Hall–Kier alpha value is -2.01. The highest BCUT2D eigenvalue weighted by Crippen LogP contribution is 2.29. The zero-order valence-corrected chi connectivity index (χ0v) is 11.6. The van der Waals surface area contributed by atoms with Crippen molar-refractivity contribution in [3.05, 3.63) is 41.2 Å². The van der Waals surface area contributed by atoms with Gasteiger partial charge in [-0.15, -0.1) is 0 Å². The number of benzene rings is 1. The van der Waals surface area contributed by atoms with Crippen LogP contribution in [0.15, 0.2) is 30.6 Å².